The minimum Gasteiger partial charge on any atom is -0.477 e. The summed E-state index contributed by atoms with van der Waals surface area (Å²) >= 11 is 0.947. The fourth-order valence-electron chi connectivity index (χ4n) is 1.41. The van der Waals surface area contributed by atoms with Crippen molar-refractivity contribution in [1.82, 2.24) is 5.32 Å². The van der Waals surface area contributed by atoms with Gasteiger partial charge >= 0.3 is 5.97 Å². The topological polar surface area (TPSA) is 79.5 Å². The molecule has 0 saturated heterocycles. The highest BCUT2D eigenvalue weighted by Gasteiger charge is 2.12. The van der Waals surface area contributed by atoms with Crippen molar-refractivity contribution in [1.29, 1.82) is 0 Å². The number of thiophene rings is 1. The average molecular weight is 265 g/mol. The van der Waals surface area contributed by atoms with Crippen LogP contribution in [-0.2, 0) is 6.54 Å². The van der Waals surface area contributed by atoms with Crippen molar-refractivity contribution in [3.05, 3.63) is 45.5 Å². The summed E-state index contributed by atoms with van der Waals surface area (Å²) in [5, 5.41) is 11.4. The number of amides is 1. The van der Waals surface area contributed by atoms with E-state index in [0.717, 1.165) is 17.1 Å². The van der Waals surface area contributed by atoms with Crippen LogP contribution in [0.15, 0.2) is 28.7 Å². The second-order valence-electron chi connectivity index (χ2n) is 3.66. The molecule has 2 heterocycles. The average Bonchev–Trinajstić information content (AvgIpc) is 2.94. The minimum atomic E-state index is -1.03. The highest BCUT2D eigenvalue weighted by Crippen LogP contribution is 2.16. The SMILES string of the molecule is Cc1ccc(CNC(=O)c2ccc(C(=O)O)s2)o1. The summed E-state index contributed by atoms with van der Waals surface area (Å²) in [6.45, 7) is 2.11. The molecule has 18 heavy (non-hydrogen) atoms. The smallest absolute Gasteiger partial charge is 0.345 e. The summed E-state index contributed by atoms with van der Waals surface area (Å²) in [7, 11) is 0. The molecule has 6 heteroatoms. The summed E-state index contributed by atoms with van der Waals surface area (Å²) in [6, 6.07) is 6.51. The number of carboxylic acid groups (broad SMARTS) is 1. The third-order valence-corrected chi connectivity index (χ3v) is 3.33. The van der Waals surface area contributed by atoms with Crippen molar-refractivity contribution in [2.24, 2.45) is 0 Å². The third kappa shape index (κ3) is 2.78. The Bertz CT molecular complexity index is 584. The van der Waals surface area contributed by atoms with Gasteiger partial charge in [-0.25, -0.2) is 4.79 Å². The van der Waals surface area contributed by atoms with Gasteiger partial charge in [-0.05, 0) is 31.2 Å². The van der Waals surface area contributed by atoms with Crippen molar-refractivity contribution in [3.8, 4) is 0 Å². The molecule has 0 spiro atoms. The van der Waals surface area contributed by atoms with E-state index in [9.17, 15) is 9.59 Å². The van der Waals surface area contributed by atoms with Crippen molar-refractivity contribution < 1.29 is 19.1 Å². The van der Waals surface area contributed by atoms with Gasteiger partial charge < -0.3 is 14.8 Å². The van der Waals surface area contributed by atoms with E-state index < -0.39 is 5.97 Å². The number of hydrogen-bond acceptors (Lipinski definition) is 4. The summed E-state index contributed by atoms with van der Waals surface area (Å²) in [5.41, 5.74) is 0. The van der Waals surface area contributed by atoms with Gasteiger partial charge in [0.2, 0.25) is 0 Å². The maximum atomic E-state index is 11.7. The van der Waals surface area contributed by atoms with Crippen LogP contribution in [0, 0.1) is 6.92 Å². The van der Waals surface area contributed by atoms with Crippen LogP contribution in [-0.4, -0.2) is 17.0 Å². The third-order valence-electron chi connectivity index (χ3n) is 2.26. The first-order chi connectivity index (χ1) is 8.56. The Morgan fingerprint density at radius 1 is 1.28 bits per heavy atom. The minimum absolute atomic E-state index is 0.147. The molecule has 2 N–H and O–H groups in total. The molecule has 0 aliphatic rings. The molecule has 5 nitrogen and oxygen atoms in total. The van der Waals surface area contributed by atoms with Crippen LogP contribution in [0.1, 0.15) is 30.9 Å². The predicted octanol–water partition coefficient (Wildman–Crippen LogP) is 2.28. The summed E-state index contributed by atoms with van der Waals surface area (Å²) < 4.78 is 5.31. The van der Waals surface area contributed by atoms with E-state index in [2.05, 4.69) is 5.32 Å². The van der Waals surface area contributed by atoms with E-state index in [-0.39, 0.29) is 17.3 Å². The van der Waals surface area contributed by atoms with E-state index in [0.29, 0.717) is 10.6 Å². The Morgan fingerprint density at radius 3 is 2.56 bits per heavy atom. The summed E-state index contributed by atoms with van der Waals surface area (Å²) in [5.74, 6) is 0.113. The molecule has 1 amide bonds. The Labute approximate surface area is 107 Å². The molecular formula is C12H11NO4S. The number of aryl methyl sites for hydroxylation is 1. The Balaban J connectivity index is 1.97. The largest absolute Gasteiger partial charge is 0.477 e. The van der Waals surface area contributed by atoms with Crippen molar-refractivity contribution in [2.45, 2.75) is 13.5 Å². The Morgan fingerprint density at radius 2 is 2.00 bits per heavy atom. The zero-order valence-corrected chi connectivity index (χ0v) is 10.4. The second kappa shape index (κ2) is 5.05. The van der Waals surface area contributed by atoms with Crippen LogP contribution in [0.5, 0.6) is 0 Å². The normalized spacial score (nSPS) is 10.3. The highest BCUT2D eigenvalue weighted by atomic mass is 32.1. The molecular weight excluding hydrogens is 254 g/mol. The predicted molar refractivity (Wildman–Crippen MR) is 65.9 cm³/mol. The van der Waals surface area contributed by atoms with Crippen molar-refractivity contribution in [3.63, 3.8) is 0 Å². The number of carboxylic acids is 1. The van der Waals surface area contributed by atoms with Crippen LogP contribution in [0.4, 0.5) is 0 Å². The van der Waals surface area contributed by atoms with Gasteiger partial charge in [0.1, 0.15) is 16.4 Å². The molecule has 0 unspecified atom stereocenters. The van der Waals surface area contributed by atoms with E-state index in [4.69, 9.17) is 9.52 Å². The summed E-state index contributed by atoms with van der Waals surface area (Å²) in [4.78, 5) is 22.9. The van der Waals surface area contributed by atoms with Gasteiger partial charge in [-0.3, -0.25) is 4.79 Å². The number of furan rings is 1. The van der Waals surface area contributed by atoms with Gasteiger partial charge in [-0.1, -0.05) is 0 Å². The fraction of sp³-hybridized carbons (Fsp3) is 0.167. The first-order valence-corrected chi connectivity index (χ1v) is 6.04. The molecule has 2 rings (SSSR count). The van der Waals surface area contributed by atoms with E-state index in [1.165, 1.54) is 12.1 Å². The lowest BCUT2D eigenvalue weighted by Gasteiger charge is -2.00. The van der Waals surface area contributed by atoms with Gasteiger partial charge in [0, 0.05) is 0 Å². The van der Waals surface area contributed by atoms with Gasteiger partial charge in [0.05, 0.1) is 11.4 Å². The number of nitrogens with one attached hydrogen (secondary N) is 1. The van der Waals surface area contributed by atoms with Crippen LogP contribution in [0.2, 0.25) is 0 Å². The first kappa shape index (κ1) is 12.4. The fourth-order valence-corrected chi connectivity index (χ4v) is 2.17. The first-order valence-electron chi connectivity index (χ1n) is 5.23. The number of aromatic carboxylic acids is 1. The van der Waals surface area contributed by atoms with Gasteiger partial charge in [-0.15, -0.1) is 11.3 Å². The second-order valence-corrected chi connectivity index (χ2v) is 4.75. The Hall–Kier alpha value is -2.08. The zero-order chi connectivity index (χ0) is 13.1. The monoisotopic (exact) mass is 265 g/mol. The molecule has 0 aromatic carbocycles. The molecule has 2 aromatic rings. The molecule has 0 saturated carbocycles. The zero-order valence-electron chi connectivity index (χ0n) is 9.60. The highest BCUT2D eigenvalue weighted by molar-refractivity contribution is 7.15. The lowest BCUT2D eigenvalue weighted by molar-refractivity contribution is 0.0702. The molecule has 94 valence electrons. The number of hydrogen-bond donors (Lipinski definition) is 2. The molecule has 2 aromatic heterocycles. The maximum absolute atomic E-state index is 11.7. The number of rotatable bonds is 4. The Kier molecular flexibility index (Phi) is 3.47. The lowest BCUT2D eigenvalue weighted by Crippen LogP contribution is -2.21. The van der Waals surface area contributed by atoms with Crippen molar-refractivity contribution >= 4 is 23.2 Å². The van der Waals surface area contributed by atoms with Crippen LogP contribution in [0.25, 0.3) is 0 Å². The molecule has 0 fully saturated rings. The lowest BCUT2D eigenvalue weighted by atomic mass is 10.4. The van der Waals surface area contributed by atoms with E-state index in [1.807, 2.05) is 13.0 Å². The van der Waals surface area contributed by atoms with Gasteiger partial charge in [0.15, 0.2) is 0 Å². The molecule has 0 radical (unpaired) electrons. The number of carbonyl (C=O) groups is 2. The molecule has 0 aliphatic heterocycles. The van der Waals surface area contributed by atoms with E-state index in [1.54, 1.807) is 6.07 Å². The molecule has 0 aliphatic carbocycles. The van der Waals surface area contributed by atoms with Crippen LogP contribution in [0.3, 0.4) is 0 Å². The van der Waals surface area contributed by atoms with Crippen LogP contribution >= 0.6 is 11.3 Å². The quantitative estimate of drug-likeness (QED) is 0.888. The molecule has 0 bridgehead atoms. The molecule has 0 atom stereocenters. The number of carbonyl (C=O) groups excluding carboxylic acids is 1. The standard InChI is InChI=1S/C12H11NO4S/c1-7-2-3-8(17-7)6-13-11(14)9-4-5-10(18-9)12(15)16/h2-5H,6H2,1H3,(H,13,14)(H,15,16). The van der Waals surface area contributed by atoms with Gasteiger partial charge in [-0.2, -0.15) is 0 Å². The van der Waals surface area contributed by atoms with Crippen LogP contribution < -0.4 is 5.32 Å². The van der Waals surface area contributed by atoms with E-state index >= 15 is 0 Å². The maximum Gasteiger partial charge on any atom is 0.345 e. The van der Waals surface area contributed by atoms with Gasteiger partial charge in [0.25, 0.3) is 5.91 Å². The summed E-state index contributed by atoms with van der Waals surface area (Å²) in [6.07, 6.45) is 0. The van der Waals surface area contributed by atoms with Crippen molar-refractivity contribution in [2.75, 3.05) is 0 Å².